The Hall–Kier alpha value is -6.55. The molecule has 0 unspecified atom stereocenters. The minimum atomic E-state index is -0.365. The molecule has 0 fully saturated rings. The molecule has 3 heteroatoms. The average Bonchev–Trinajstić information content (AvgIpc) is 3.54. The summed E-state index contributed by atoms with van der Waals surface area (Å²) >= 11 is 1.88. The molecule has 2 heterocycles. The van der Waals surface area contributed by atoms with E-state index in [1.807, 2.05) is 17.8 Å². The van der Waals surface area contributed by atoms with E-state index in [1.165, 1.54) is 59.5 Å². The van der Waals surface area contributed by atoms with E-state index in [4.69, 9.17) is 9.97 Å². The molecule has 1 spiro atoms. The first-order valence-corrected chi connectivity index (χ1v) is 19.2. The summed E-state index contributed by atoms with van der Waals surface area (Å²) in [6.45, 7) is 0. The second-order valence-electron chi connectivity index (χ2n) is 14.1. The van der Waals surface area contributed by atoms with Crippen LogP contribution in [0.4, 0.5) is 0 Å². The fourth-order valence-corrected chi connectivity index (χ4v) is 10.0. The number of rotatable bonds is 4. The average molecular weight is 705 g/mol. The normalized spacial score (nSPS) is 13.3. The molecule has 0 radical (unpaired) electrons. The molecule has 0 N–H and O–H groups in total. The van der Waals surface area contributed by atoms with E-state index in [1.54, 1.807) is 0 Å². The maximum Gasteiger partial charge on any atom is 0.160 e. The van der Waals surface area contributed by atoms with Gasteiger partial charge in [-0.3, -0.25) is 0 Å². The molecular formula is C51H32N2S. The van der Waals surface area contributed by atoms with Crippen LogP contribution in [0.5, 0.6) is 0 Å². The Morgan fingerprint density at radius 1 is 0.352 bits per heavy atom. The van der Waals surface area contributed by atoms with E-state index in [0.29, 0.717) is 5.82 Å². The van der Waals surface area contributed by atoms with Crippen molar-refractivity contribution in [2.75, 3.05) is 0 Å². The van der Waals surface area contributed by atoms with Crippen molar-refractivity contribution in [1.82, 2.24) is 9.97 Å². The molecule has 2 aliphatic rings. The Morgan fingerprint density at radius 3 is 1.72 bits per heavy atom. The van der Waals surface area contributed by atoms with Gasteiger partial charge in [0.05, 0.1) is 16.8 Å². The van der Waals surface area contributed by atoms with Gasteiger partial charge in [-0.2, -0.15) is 0 Å². The van der Waals surface area contributed by atoms with Crippen molar-refractivity contribution in [3.63, 3.8) is 0 Å². The summed E-state index contributed by atoms with van der Waals surface area (Å²) in [5.74, 6) is 0.712. The summed E-state index contributed by atoms with van der Waals surface area (Å²) in [7, 11) is 0. The van der Waals surface area contributed by atoms with Crippen LogP contribution in [0.15, 0.2) is 204 Å². The van der Waals surface area contributed by atoms with E-state index >= 15 is 0 Å². The standard InChI is InChI=1S/C51H32N2S/c1-2-14-35(15-3-1)46-32-47(41-20-12-16-34-13-4-5-17-38(34)41)53-50(52-46)36-27-25-33(26-28-36)37-29-30-45-49(31-37)54-48-24-11-10-23-44(48)51(45)42-21-8-6-18-39(42)40-19-7-9-22-43(40)51/h1-32H. The molecule has 9 aromatic rings. The molecule has 54 heavy (non-hydrogen) atoms. The molecule has 1 aliphatic carbocycles. The first kappa shape index (κ1) is 31.0. The van der Waals surface area contributed by atoms with E-state index in [0.717, 1.165) is 33.6 Å². The third-order valence-electron chi connectivity index (χ3n) is 11.2. The van der Waals surface area contributed by atoms with Crippen molar-refractivity contribution < 1.29 is 0 Å². The van der Waals surface area contributed by atoms with Crippen LogP contribution >= 0.6 is 11.8 Å². The zero-order valence-corrected chi connectivity index (χ0v) is 30.1. The van der Waals surface area contributed by atoms with Crippen LogP contribution in [-0.4, -0.2) is 9.97 Å². The SMILES string of the molecule is c1ccc(-c2cc(-c3cccc4ccccc34)nc(-c3ccc(-c4ccc5c(c4)Sc4ccccc4C54c5ccccc5-c5ccccc54)cc3)n2)cc1. The Kier molecular flexibility index (Phi) is 7.05. The Balaban J connectivity index is 1.02. The topological polar surface area (TPSA) is 25.8 Å². The maximum atomic E-state index is 5.19. The number of hydrogen-bond donors (Lipinski definition) is 0. The first-order valence-electron chi connectivity index (χ1n) is 18.4. The number of hydrogen-bond acceptors (Lipinski definition) is 3. The first-order chi connectivity index (χ1) is 26.8. The summed E-state index contributed by atoms with van der Waals surface area (Å²) in [5.41, 5.74) is 15.0. The van der Waals surface area contributed by atoms with Crippen molar-refractivity contribution in [3.05, 3.63) is 216 Å². The van der Waals surface area contributed by atoms with Crippen LogP contribution in [-0.2, 0) is 5.41 Å². The molecule has 0 amide bonds. The van der Waals surface area contributed by atoms with Crippen LogP contribution in [0, 0.1) is 0 Å². The minimum Gasteiger partial charge on any atom is -0.228 e. The van der Waals surface area contributed by atoms with Crippen LogP contribution in [0.3, 0.4) is 0 Å². The van der Waals surface area contributed by atoms with Gasteiger partial charge in [0.25, 0.3) is 0 Å². The number of aromatic nitrogens is 2. The molecule has 0 atom stereocenters. The Morgan fingerprint density at radius 2 is 0.926 bits per heavy atom. The molecule has 0 bridgehead atoms. The molecule has 0 saturated carbocycles. The van der Waals surface area contributed by atoms with Gasteiger partial charge in [0.1, 0.15) is 0 Å². The van der Waals surface area contributed by atoms with Crippen LogP contribution in [0.2, 0.25) is 0 Å². The van der Waals surface area contributed by atoms with E-state index < -0.39 is 0 Å². The van der Waals surface area contributed by atoms with Crippen molar-refractivity contribution in [2.24, 2.45) is 0 Å². The lowest BCUT2D eigenvalue weighted by Crippen LogP contribution is -2.31. The van der Waals surface area contributed by atoms with Gasteiger partial charge < -0.3 is 0 Å². The predicted octanol–water partition coefficient (Wildman–Crippen LogP) is 13.1. The second kappa shape index (κ2) is 12.3. The largest absolute Gasteiger partial charge is 0.228 e. The summed E-state index contributed by atoms with van der Waals surface area (Å²) < 4.78 is 0. The lowest BCUT2D eigenvalue weighted by atomic mass is 9.67. The van der Waals surface area contributed by atoms with Crippen LogP contribution < -0.4 is 0 Å². The van der Waals surface area contributed by atoms with Gasteiger partial charge >= 0.3 is 0 Å². The Bertz CT molecular complexity index is 2860. The van der Waals surface area contributed by atoms with Crippen LogP contribution in [0.1, 0.15) is 22.3 Å². The summed E-state index contributed by atoms with van der Waals surface area (Å²) in [6, 6.07) is 70.2. The van der Waals surface area contributed by atoms with Gasteiger partial charge in [0.15, 0.2) is 5.82 Å². The molecule has 252 valence electrons. The highest BCUT2D eigenvalue weighted by molar-refractivity contribution is 7.99. The fraction of sp³-hybridized carbons (Fsp3) is 0.0196. The van der Waals surface area contributed by atoms with Crippen LogP contribution in [0.25, 0.3) is 66.9 Å². The number of benzene rings is 8. The van der Waals surface area contributed by atoms with Crippen molar-refractivity contribution in [1.29, 1.82) is 0 Å². The second-order valence-corrected chi connectivity index (χ2v) is 15.2. The summed E-state index contributed by atoms with van der Waals surface area (Å²) in [4.78, 5) is 12.9. The highest BCUT2D eigenvalue weighted by atomic mass is 32.2. The summed E-state index contributed by atoms with van der Waals surface area (Å²) in [5, 5.41) is 2.37. The highest BCUT2D eigenvalue weighted by Crippen LogP contribution is 2.62. The van der Waals surface area contributed by atoms with Gasteiger partial charge in [-0.25, -0.2) is 9.97 Å². The van der Waals surface area contributed by atoms with E-state index in [9.17, 15) is 0 Å². The Labute approximate surface area is 318 Å². The highest BCUT2D eigenvalue weighted by Gasteiger charge is 2.50. The van der Waals surface area contributed by atoms with Crippen molar-refractivity contribution >= 4 is 22.5 Å². The molecule has 8 aromatic carbocycles. The summed E-state index contributed by atoms with van der Waals surface area (Å²) in [6.07, 6.45) is 0. The van der Waals surface area contributed by atoms with Gasteiger partial charge in [-0.05, 0) is 73.5 Å². The van der Waals surface area contributed by atoms with E-state index in [-0.39, 0.29) is 5.41 Å². The molecule has 1 aliphatic heterocycles. The third kappa shape index (κ3) is 4.68. The van der Waals surface area contributed by atoms with Crippen molar-refractivity contribution in [3.8, 4) is 56.2 Å². The number of fused-ring (bicyclic) bond motifs is 10. The fourth-order valence-electron chi connectivity index (χ4n) is 8.77. The molecule has 1 aromatic heterocycles. The van der Waals surface area contributed by atoms with E-state index in [2.05, 4.69) is 188 Å². The molecule has 11 rings (SSSR count). The molecule has 2 nitrogen and oxygen atoms in total. The van der Waals surface area contributed by atoms with Gasteiger partial charge in [0, 0.05) is 26.5 Å². The predicted molar refractivity (Wildman–Crippen MR) is 223 cm³/mol. The lowest BCUT2D eigenvalue weighted by Gasteiger charge is -2.39. The van der Waals surface area contributed by atoms with Crippen molar-refractivity contribution in [2.45, 2.75) is 15.2 Å². The van der Waals surface area contributed by atoms with Gasteiger partial charge in [-0.1, -0.05) is 188 Å². The number of nitrogens with zero attached hydrogens (tertiary/aromatic N) is 2. The third-order valence-corrected chi connectivity index (χ3v) is 12.3. The minimum absolute atomic E-state index is 0.365. The quantitative estimate of drug-likeness (QED) is 0.182. The maximum absolute atomic E-state index is 5.19. The molecular weight excluding hydrogens is 673 g/mol. The van der Waals surface area contributed by atoms with Gasteiger partial charge in [-0.15, -0.1) is 0 Å². The smallest absolute Gasteiger partial charge is 0.160 e. The zero-order chi connectivity index (χ0) is 35.6. The monoisotopic (exact) mass is 704 g/mol. The zero-order valence-electron chi connectivity index (χ0n) is 29.3. The van der Waals surface area contributed by atoms with Gasteiger partial charge in [0.2, 0.25) is 0 Å². The lowest BCUT2D eigenvalue weighted by molar-refractivity contribution is 0.722. The molecule has 0 saturated heterocycles.